The highest BCUT2D eigenvalue weighted by atomic mass is 32.1. The predicted octanol–water partition coefficient (Wildman–Crippen LogP) is 1.45. The molecule has 0 saturated carbocycles. The lowest BCUT2D eigenvalue weighted by Gasteiger charge is -1.97. The molecule has 1 heterocycles. The van der Waals surface area contributed by atoms with Crippen molar-refractivity contribution in [2.75, 3.05) is 6.54 Å². The minimum atomic E-state index is -4.38. The summed E-state index contributed by atoms with van der Waals surface area (Å²) in [6.45, 7) is 0.445. The standard InChI is InChI=1S/C6H8F3N3S/c7-6(8,9)5-12-11-4(13-5)2-1-3-10/h1-3,10H2. The van der Waals surface area contributed by atoms with Crippen LogP contribution in [0, 0.1) is 0 Å². The molecule has 0 aliphatic carbocycles. The number of hydrogen-bond donors (Lipinski definition) is 1. The Balaban J connectivity index is 2.64. The lowest BCUT2D eigenvalue weighted by atomic mass is 10.3. The van der Waals surface area contributed by atoms with Crippen molar-refractivity contribution in [3.8, 4) is 0 Å². The Morgan fingerprint density at radius 2 is 2.00 bits per heavy atom. The van der Waals surface area contributed by atoms with Crippen molar-refractivity contribution < 1.29 is 13.2 Å². The van der Waals surface area contributed by atoms with Gasteiger partial charge in [-0.1, -0.05) is 11.3 Å². The van der Waals surface area contributed by atoms with E-state index in [4.69, 9.17) is 5.73 Å². The smallest absolute Gasteiger partial charge is 0.330 e. The average Bonchev–Trinajstić information content (AvgIpc) is 2.47. The van der Waals surface area contributed by atoms with E-state index >= 15 is 0 Å². The maximum atomic E-state index is 12.0. The van der Waals surface area contributed by atoms with Crippen molar-refractivity contribution in [3.05, 3.63) is 10.0 Å². The van der Waals surface area contributed by atoms with E-state index < -0.39 is 11.2 Å². The second kappa shape index (κ2) is 4.01. The molecule has 74 valence electrons. The van der Waals surface area contributed by atoms with E-state index in [2.05, 4.69) is 10.2 Å². The molecule has 0 atom stereocenters. The van der Waals surface area contributed by atoms with Gasteiger partial charge in [0.2, 0.25) is 5.01 Å². The summed E-state index contributed by atoms with van der Waals surface area (Å²) < 4.78 is 36.0. The molecule has 0 saturated heterocycles. The van der Waals surface area contributed by atoms with E-state index in [-0.39, 0.29) is 0 Å². The first kappa shape index (κ1) is 10.4. The summed E-state index contributed by atoms with van der Waals surface area (Å²) in [4.78, 5) is 0. The lowest BCUT2D eigenvalue weighted by molar-refractivity contribution is -0.138. The zero-order valence-electron chi connectivity index (χ0n) is 6.64. The quantitative estimate of drug-likeness (QED) is 0.823. The number of nitrogens with zero attached hydrogens (tertiary/aromatic N) is 2. The molecule has 0 radical (unpaired) electrons. The van der Waals surface area contributed by atoms with Gasteiger partial charge in [-0.2, -0.15) is 13.2 Å². The van der Waals surface area contributed by atoms with Gasteiger partial charge in [-0.05, 0) is 13.0 Å². The maximum absolute atomic E-state index is 12.0. The molecule has 13 heavy (non-hydrogen) atoms. The van der Waals surface area contributed by atoms with E-state index in [1.54, 1.807) is 0 Å². The van der Waals surface area contributed by atoms with Gasteiger partial charge in [0.25, 0.3) is 0 Å². The maximum Gasteiger partial charge on any atom is 0.445 e. The van der Waals surface area contributed by atoms with Gasteiger partial charge >= 0.3 is 6.18 Å². The molecule has 0 aliphatic rings. The zero-order valence-corrected chi connectivity index (χ0v) is 7.45. The van der Waals surface area contributed by atoms with Gasteiger partial charge < -0.3 is 5.73 Å². The number of rotatable bonds is 3. The fraction of sp³-hybridized carbons (Fsp3) is 0.667. The molecule has 1 aromatic heterocycles. The van der Waals surface area contributed by atoms with Crippen molar-refractivity contribution in [1.82, 2.24) is 10.2 Å². The van der Waals surface area contributed by atoms with E-state index in [1.807, 2.05) is 0 Å². The van der Waals surface area contributed by atoms with Crippen LogP contribution < -0.4 is 5.73 Å². The molecular formula is C6H8F3N3S. The Bertz CT molecular complexity index is 270. The van der Waals surface area contributed by atoms with E-state index in [9.17, 15) is 13.2 Å². The van der Waals surface area contributed by atoms with E-state index in [0.29, 0.717) is 35.7 Å². The van der Waals surface area contributed by atoms with E-state index in [1.165, 1.54) is 0 Å². The summed E-state index contributed by atoms with van der Waals surface area (Å²) in [5, 5.41) is 5.95. The van der Waals surface area contributed by atoms with Crippen LogP contribution in [0.3, 0.4) is 0 Å². The minimum absolute atomic E-state index is 0.387. The Kier molecular flexibility index (Phi) is 3.21. The van der Waals surface area contributed by atoms with Gasteiger partial charge in [0.15, 0.2) is 0 Å². The largest absolute Gasteiger partial charge is 0.445 e. The third-order valence-corrected chi connectivity index (χ3v) is 2.33. The summed E-state index contributed by atoms with van der Waals surface area (Å²) in [5.41, 5.74) is 5.20. The number of aryl methyl sites for hydroxylation is 1. The number of aromatic nitrogens is 2. The highest BCUT2D eigenvalue weighted by molar-refractivity contribution is 7.11. The number of nitrogens with two attached hydrogens (primary N) is 1. The summed E-state index contributed by atoms with van der Waals surface area (Å²) >= 11 is 0.577. The van der Waals surface area contributed by atoms with Gasteiger partial charge in [0.1, 0.15) is 5.01 Å². The molecule has 2 N–H and O–H groups in total. The molecule has 0 amide bonds. The highest BCUT2D eigenvalue weighted by Crippen LogP contribution is 2.31. The SMILES string of the molecule is NCCCc1nnc(C(F)(F)F)s1. The lowest BCUT2D eigenvalue weighted by Crippen LogP contribution is -2.03. The molecule has 0 fully saturated rings. The number of halogens is 3. The third-order valence-electron chi connectivity index (χ3n) is 1.30. The fourth-order valence-corrected chi connectivity index (χ4v) is 1.47. The van der Waals surface area contributed by atoms with Gasteiger partial charge in [-0.15, -0.1) is 10.2 Å². The third kappa shape index (κ3) is 2.92. The molecule has 3 nitrogen and oxygen atoms in total. The van der Waals surface area contributed by atoms with Gasteiger partial charge in [0, 0.05) is 6.42 Å². The molecule has 1 rings (SSSR count). The highest BCUT2D eigenvalue weighted by Gasteiger charge is 2.35. The van der Waals surface area contributed by atoms with Crippen LogP contribution in [0.2, 0.25) is 0 Å². The van der Waals surface area contributed by atoms with Crippen LogP contribution in [0.1, 0.15) is 16.4 Å². The topological polar surface area (TPSA) is 51.8 Å². The second-order valence-electron chi connectivity index (χ2n) is 2.39. The predicted molar refractivity (Wildman–Crippen MR) is 42.3 cm³/mol. The molecular weight excluding hydrogens is 203 g/mol. The van der Waals surface area contributed by atoms with Crippen molar-refractivity contribution in [2.45, 2.75) is 19.0 Å². The summed E-state index contributed by atoms with van der Waals surface area (Å²) in [6, 6.07) is 0. The Morgan fingerprint density at radius 3 is 2.46 bits per heavy atom. The van der Waals surface area contributed by atoms with Crippen LogP contribution in [0.15, 0.2) is 0 Å². The first-order chi connectivity index (χ1) is 6.04. The summed E-state index contributed by atoms with van der Waals surface area (Å²) in [6.07, 6.45) is -3.28. The molecule has 1 aromatic rings. The Hall–Kier alpha value is -0.690. The molecule has 0 unspecified atom stereocenters. The minimum Gasteiger partial charge on any atom is -0.330 e. The van der Waals surface area contributed by atoms with Gasteiger partial charge in [-0.25, -0.2) is 0 Å². The van der Waals surface area contributed by atoms with Crippen molar-refractivity contribution >= 4 is 11.3 Å². The number of hydrogen-bond acceptors (Lipinski definition) is 4. The molecule has 7 heteroatoms. The van der Waals surface area contributed by atoms with E-state index in [0.717, 1.165) is 0 Å². The van der Waals surface area contributed by atoms with Crippen molar-refractivity contribution in [2.24, 2.45) is 5.73 Å². The normalized spacial score (nSPS) is 12.0. The fourth-order valence-electron chi connectivity index (χ4n) is 0.722. The molecule has 0 aromatic carbocycles. The Morgan fingerprint density at radius 1 is 1.31 bits per heavy atom. The molecule has 0 bridgehead atoms. The first-order valence-corrected chi connectivity index (χ1v) is 4.45. The summed E-state index contributed by atoms with van der Waals surface area (Å²) in [7, 11) is 0. The average molecular weight is 211 g/mol. The molecule has 0 aliphatic heterocycles. The first-order valence-electron chi connectivity index (χ1n) is 3.63. The summed E-state index contributed by atoms with van der Waals surface area (Å²) in [5.74, 6) is 0. The number of alkyl halides is 3. The van der Waals surface area contributed by atoms with Crippen LogP contribution in [0.4, 0.5) is 13.2 Å². The van der Waals surface area contributed by atoms with Gasteiger partial charge in [-0.3, -0.25) is 0 Å². The van der Waals surface area contributed by atoms with Crippen LogP contribution in [-0.4, -0.2) is 16.7 Å². The zero-order chi connectivity index (χ0) is 9.90. The molecule has 0 spiro atoms. The Labute approximate surface area is 76.8 Å². The monoisotopic (exact) mass is 211 g/mol. The van der Waals surface area contributed by atoms with Crippen molar-refractivity contribution in [1.29, 1.82) is 0 Å². The van der Waals surface area contributed by atoms with Gasteiger partial charge in [0.05, 0.1) is 0 Å². The van der Waals surface area contributed by atoms with Crippen LogP contribution in [-0.2, 0) is 12.6 Å². The van der Waals surface area contributed by atoms with Crippen LogP contribution in [0.5, 0.6) is 0 Å². The van der Waals surface area contributed by atoms with Crippen LogP contribution in [0.25, 0.3) is 0 Å². The second-order valence-corrected chi connectivity index (χ2v) is 3.45. The van der Waals surface area contributed by atoms with Crippen LogP contribution >= 0.6 is 11.3 Å². The van der Waals surface area contributed by atoms with Crippen molar-refractivity contribution in [3.63, 3.8) is 0 Å².